The van der Waals surface area contributed by atoms with Crippen molar-refractivity contribution in [3.05, 3.63) is 94.5 Å². The molecule has 0 saturated heterocycles. The van der Waals surface area contributed by atoms with Crippen LogP contribution in [0.15, 0.2) is 71.6 Å². The fraction of sp³-hybridized carbons (Fsp3) is 0.296. The Morgan fingerprint density at radius 3 is 2.18 bits per heavy atom. The van der Waals surface area contributed by atoms with Crippen molar-refractivity contribution in [1.29, 1.82) is 0 Å². The van der Waals surface area contributed by atoms with E-state index >= 15 is 0 Å². The van der Waals surface area contributed by atoms with E-state index < -0.39 is 10.0 Å². The van der Waals surface area contributed by atoms with Gasteiger partial charge in [-0.3, -0.25) is 9.10 Å². The Morgan fingerprint density at radius 2 is 1.58 bits per heavy atom. The van der Waals surface area contributed by atoms with Crippen LogP contribution in [0, 0.1) is 20.8 Å². The zero-order valence-electron chi connectivity index (χ0n) is 19.9. The number of carbonyl (C=O) groups is 1. The Labute approximate surface area is 197 Å². The maximum atomic E-state index is 13.6. The molecule has 0 saturated carbocycles. The molecule has 0 radical (unpaired) electrons. The standard InChI is InChI=1S/C27H32N2O3S/c1-6-23-12-14-24(15-13-23)22(5)28-27(30)18-29(26-9-7-8-20(3)21(26)4)33(31,32)25-16-10-19(2)11-17-25/h7-17,22H,6,18H2,1-5H3,(H,28,30)/t22-/m1/s1. The third-order valence-corrected chi connectivity index (χ3v) is 7.78. The first-order valence-electron chi connectivity index (χ1n) is 11.2. The first-order valence-corrected chi connectivity index (χ1v) is 12.6. The highest BCUT2D eigenvalue weighted by Gasteiger charge is 2.29. The molecule has 3 aromatic rings. The summed E-state index contributed by atoms with van der Waals surface area (Å²) in [6.45, 7) is 9.39. The number of carbonyl (C=O) groups excluding carboxylic acids is 1. The summed E-state index contributed by atoms with van der Waals surface area (Å²) in [6.07, 6.45) is 0.947. The van der Waals surface area contributed by atoms with Crippen LogP contribution in [0.4, 0.5) is 5.69 Å². The average Bonchev–Trinajstić information content (AvgIpc) is 2.79. The van der Waals surface area contributed by atoms with Crippen LogP contribution in [-0.2, 0) is 21.2 Å². The van der Waals surface area contributed by atoms with Gasteiger partial charge in [0.1, 0.15) is 6.54 Å². The van der Waals surface area contributed by atoms with Crippen molar-refractivity contribution < 1.29 is 13.2 Å². The molecule has 3 rings (SSSR count). The third kappa shape index (κ3) is 5.63. The number of amides is 1. The molecule has 1 atom stereocenters. The molecule has 6 heteroatoms. The van der Waals surface area contributed by atoms with Crippen LogP contribution in [0.5, 0.6) is 0 Å². The summed E-state index contributed by atoms with van der Waals surface area (Å²) in [5.41, 5.74) is 5.45. The molecule has 174 valence electrons. The maximum Gasteiger partial charge on any atom is 0.264 e. The minimum atomic E-state index is -3.94. The van der Waals surface area contributed by atoms with E-state index in [1.54, 1.807) is 30.3 Å². The zero-order valence-corrected chi connectivity index (χ0v) is 20.7. The quantitative estimate of drug-likeness (QED) is 0.495. The molecule has 33 heavy (non-hydrogen) atoms. The number of hydrogen-bond acceptors (Lipinski definition) is 3. The summed E-state index contributed by atoms with van der Waals surface area (Å²) in [6, 6.07) is 20.0. The number of nitrogens with one attached hydrogen (secondary N) is 1. The number of benzene rings is 3. The summed E-state index contributed by atoms with van der Waals surface area (Å²) in [7, 11) is -3.94. The van der Waals surface area contributed by atoms with Gasteiger partial charge in [0, 0.05) is 0 Å². The molecule has 0 spiro atoms. The van der Waals surface area contributed by atoms with Crippen molar-refractivity contribution in [2.75, 3.05) is 10.8 Å². The van der Waals surface area contributed by atoms with Gasteiger partial charge >= 0.3 is 0 Å². The van der Waals surface area contributed by atoms with E-state index in [4.69, 9.17) is 0 Å². The lowest BCUT2D eigenvalue weighted by Crippen LogP contribution is -2.42. The Hall–Kier alpha value is -3.12. The van der Waals surface area contributed by atoms with Gasteiger partial charge in [0.05, 0.1) is 16.6 Å². The molecule has 0 unspecified atom stereocenters. The molecule has 0 aliphatic carbocycles. The van der Waals surface area contributed by atoms with Gasteiger partial charge in [0.2, 0.25) is 5.91 Å². The first kappa shape index (κ1) is 24.5. The second kappa shape index (κ2) is 10.2. The molecule has 0 heterocycles. The largest absolute Gasteiger partial charge is 0.348 e. The SMILES string of the molecule is CCc1ccc([C@@H](C)NC(=O)CN(c2cccc(C)c2C)S(=O)(=O)c2ccc(C)cc2)cc1. The van der Waals surface area contributed by atoms with Crippen LogP contribution in [-0.4, -0.2) is 20.9 Å². The number of nitrogens with zero attached hydrogens (tertiary/aromatic N) is 1. The van der Waals surface area contributed by atoms with E-state index in [-0.39, 0.29) is 23.4 Å². The van der Waals surface area contributed by atoms with Crippen molar-refractivity contribution in [3.63, 3.8) is 0 Å². The van der Waals surface area contributed by atoms with Gasteiger partial charge in [-0.1, -0.05) is 61.0 Å². The number of rotatable bonds is 8. The molecular weight excluding hydrogens is 432 g/mol. The molecule has 0 aromatic heterocycles. The van der Waals surface area contributed by atoms with Gasteiger partial charge in [0.25, 0.3) is 10.0 Å². The van der Waals surface area contributed by atoms with Gasteiger partial charge < -0.3 is 5.32 Å². The number of anilines is 1. The summed E-state index contributed by atoms with van der Waals surface area (Å²) in [4.78, 5) is 13.2. The lowest BCUT2D eigenvalue weighted by atomic mass is 10.0. The van der Waals surface area contributed by atoms with Crippen molar-refractivity contribution in [1.82, 2.24) is 5.32 Å². The molecule has 0 aliphatic rings. The van der Waals surface area contributed by atoms with Gasteiger partial charge in [0.15, 0.2) is 0 Å². The monoisotopic (exact) mass is 464 g/mol. The van der Waals surface area contributed by atoms with E-state index in [0.29, 0.717) is 5.69 Å². The highest BCUT2D eigenvalue weighted by Crippen LogP contribution is 2.28. The number of aryl methyl sites for hydroxylation is 3. The van der Waals surface area contributed by atoms with Crippen LogP contribution < -0.4 is 9.62 Å². The number of sulfonamides is 1. The minimum absolute atomic E-state index is 0.157. The Bertz CT molecular complexity index is 1220. The molecule has 0 fully saturated rings. The van der Waals surface area contributed by atoms with Gasteiger partial charge in [-0.15, -0.1) is 0 Å². The third-order valence-electron chi connectivity index (χ3n) is 6.01. The molecule has 1 N–H and O–H groups in total. The van der Waals surface area contributed by atoms with E-state index in [1.807, 2.05) is 64.1 Å². The number of hydrogen-bond donors (Lipinski definition) is 1. The van der Waals surface area contributed by atoms with Crippen molar-refractivity contribution in [3.8, 4) is 0 Å². The summed E-state index contributed by atoms with van der Waals surface area (Å²) >= 11 is 0. The molecule has 5 nitrogen and oxygen atoms in total. The van der Waals surface area contributed by atoms with Crippen LogP contribution in [0.25, 0.3) is 0 Å². The van der Waals surface area contributed by atoms with Crippen molar-refractivity contribution in [2.24, 2.45) is 0 Å². The second-order valence-corrected chi connectivity index (χ2v) is 10.3. The Kier molecular flexibility index (Phi) is 7.59. The molecular formula is C27H32N2O3S. The first-order chi connectivity index (χ1) is 15.6. The fourth-order valence-electron chi connectivity index (χ4n) is 3.69. The van der Waals surface area contributed by atoms with E-state index in [0.717, 1.165) is 28.7 Å². The summed E-state index contributed by atoms with van der Waals surface area (Å²) < 4.78 is 28.4. The summed E-state index contributed by atoms with van der Waals surface area (Å²) in [5, 5.41) is 2.96. The topological polar surface area (TPSA) is 66.5 Å². The van der Waals surface area contributed by atoms with Crippen molar-refractivity contribution >= 4 is 21.6 Å². The highest BCUT2D eigenvalue weighted by atomic mass is 32.2. The van der Waals surface area contributed by atoms with E-state index in [9.17, 15) is 13.2 Å². The minimum Gasteiger partial charge on any atom is -0.348 e. The predicted octanol–water partition coefficient (Wildman–Crippen LogP) is 5.25. The van der Waals surface area contributed by atoms with Crippen LogP contribution in [0.1, 0.15) is 47.7 Å². The van der Waals surface area contributed by atoms with Gasteiger partial charge in [-0.05, 0) is 74.6 Å². The maximum absolute atomic E-state index is 13.6. The second-order valence-electron chi connectivity index (χ2n) is 8.43. The summed E-state index contributed by atoms with van der Waals surface area (Å²) in [5.74, 6) is -0.362. The zero-order chi connectivity index (χ0) is 24.2. The van der Waals surface area contributed by atoms with Gasteiger partial charge in [-0.2, -0.15) is 0 Å². The Morgan fingerprint density at radius 1 is 0.939 bits per heavy atom. The molecule has 0 aliphatic heterocycles. The lowest BCUT2D eigenvalue weighted by molar-refractivity contribution is -0.120. The van der Waals surface area contributed by atoms with E-state index in [2.05, 4.69) is 12.2 Å². The fourth-order valence-corrected chi connectivity index (χ4v) is 5.16. The molecule has 1 amide bonds. The average molecular weight is 465 g/mol. The molecule has 3 aromatic carbocycles. The van der Waals surface area contributed by atoms with Crippen LogP contribution >= 0.6 is 0 Å². The normalized spacial score (nSPS) is 12.3. The van der Waals surface area contributed by atoms with Crippen LogP contribution in [0.2, 0.25) is 0 Å². The van der Waals surface area contributed by atoms with Crippen molar-refractivity contribution in [2.45, 2.75) is 52.0 Å². The van der Waals surface area contributed by atoms with Crippen LogP contribution in [0.3, 0.4) is 0 Å². The van der Waals surface area contributed by atoms with E-state index in [1.165, 1.54) is 9.87 Å². The lowest BCUT2D eigenvalue weighted by Gasteiger charge is -2.27. The predicted molar refractivity (Wildman–Crippen MR) is 134 cm³/mol. The Balaban J connectivity index is 1.91. The highest BCUT2D eigenvalue weighted by molar-refractivity contribution is 7.92. The van der Waals surface area contributed by atoms with Gasteiger partial charge in [-0.25, -0.2) is 8.42 Å². The smallest absolute Gasteiger partial charge is 0.264 e. The molecule has 0 bridgehead atoms.